The largest absolute Gasteiger partial charge is 0.383 e. The van der Waals surface area contributed by atoms with Gasteiger partial charge in [0.05, 0.1) is 4.90 Å². The normalized spacial score (nSPS) is 13.4. The van der Waals surface area contributed by atoms with Crippen molar-refractivity contribution in [2.45, 2.75) is 24.3 Å². The molecule has 0 spiro atoms. The lowest BCUT2D eigenvalue weighted by Crippen LogP contribution is -2.27. The van der Waals surface area contributed by atoms with Crippen LogP contribution in [0.1, 0.15) is 13.3 Å². The van der Waals surface area contributed by atoms with Gasteiger partial charge in [0.25, 0.3) is 0 Å². The van der Waals surface area contributed by atoms with Crippen molar-refractivity contribution in [3.63, 3.8) is 0 Å². The van der Waals surface area contributed by atoms with Crippen molar-refractivity contribution in [1.82, 2.24) is 0 Å². The first-order valence-electron chi connectivity index (χ1n) is 5.23. The summed E-state index contributed by atoms with van der Waals surface area (Å²) in [6.45, 7) is 2.72. The minimum absolute atomic E-state index is 0.120. The van der Waals surface area contributed by atoms with Crippen LogP contribution >= 0.6 is 0 Å². The summed E-state index contributed by atoms with van der Waals surface area (Å²) in [5, 5.41) is 3.15. The van der Waals surface area contributed by atoms with E-state index >= 15 is 0 Å². The molecule has 1 aromatic rings. The van der Waals surface area contributed by atoms with Crippen LogP contribution in [0.5, 0.6) is 0 Å². The molecule has 0 bridgehead atoms. The minimum atomic E-state index is -3.11. The molecule has 90 valence electrons. The van der Waals surface area contributed by atoms with Crippen LogP contribution < -0.4 is 11.1 Å². The first-order valence-corrected chi connectivity index (χ1v) is 7.12. The summed E-state index contributed by atoms with van der Waals surface area (Å²) >= 11 is 0. The van der Waals surface area contributed by atoms with Crippen molar-refractivity contribution >= 4 is 15.5 Å². The average Bonchev–Trinajstić information content (AvgIpc) is 2.25. The summed E-state index contributed by atoms with van der Waals surface area (Å²) in [7, 11) is -3.11. The lowest BCUT2D eigenvalue weighted by Gasteiger charge is -2.11. The fourth-order valence-electron chi connectivity index (χ4n) is 1.21. The van der Waals surface area contributed by atoms with E-state index in [1.165, 1.54) is 6.26 Å². The number of nitrogens with two attached hydrogens (primary N) is 1. The van der Waals surface area contributed by atoms with E-state index < -0.39 is 9.84 Å². The monoisotopic (exact) mass is 242 g/mol. The summed E-state index contributed by atoms with van der Waals surface area (Å²) in [4.78, 5) is 0.331. The highest BCUT2D eigenvalue weighted by molar-refractivity contribution is 7.90. The quantitative estimate of drug-likeness (QED) is 0.815. The number of hydrogen-bond acceptors (Lipinski definition) is 4. The van der Waals surface area contributed by atoms with E-state index in [1.807, 2.05) is 6.92 Å². The third-order valence-corrected chi connectivity index (χ3v) is 3.50. The van der Waals surface area contributed by atoms with Gasteiger partial charge in [-0.25, -0.2) is 8.42 Å². The third kappa shape index (κ3) is 3.83. The molecule has 0 aliphatic carbocycles. The molecule has 0 fully saturated rings. The summed E-state index contributed by atoms with van der Waals surface area (Å²) < 4.78 is 22.4. The molecule has 0 heterocycles. The van der Waals surface area contributed by atoms with Crippen LogP contribution in [0.3, 0.4) is 0 Å². The molecule has 1 atom stereocenters. The standard InChI is InChI=1S/C11H18N2O2S/c1-3-9(12)8-13-10-4-6-11(7-5-10)16(2,14)15/h4-7,9,13H,3,8,12H2,1-2H3. The highest BCUT2D eigenvalue weighted by Crippen LogP contribution is 2.13. The van der Waals surface area contributed by atoms with Gasteiger partial charge in [-0.3, -0.25) is 0 Å². The minimum Gasteiger partial charge on any atom is -0.383 e. The molecule has 4 nitrogen and oxygen atoms in total. The Morgan fingerprint density at radius 2 is 1.88 bits per heavy atom. The van der Waals surface area contributed by atoms with Crippen LogP contribution in [0.15, 0.2) is 29.2 Å². The molecule has 0 aromatic heterocycles. The van der Waals surface area contributed by atoms with Crippen molar-refractivity contribution in [2.75, 3.05) is 18.1 Å². The van der Waals surface area contributed by atoms with E-state index in [1.54, 1.807) is 24.3 Å². The van der Waals surface area contributed by atoms with Gasteiger partial charge in [0.15, 0.2) is 9.84 Å². The number of anilines is 1. The molecule has 1 aromatic carbocycles. The molecule has 0 aliphatic heterocycles. The second-order valence-corrected chi connectivity index (χ2v) is 5.86. The molecule has 0 radical (unpaired) electrons. The van der Waals surface area contributed by atoms with Gasteiger partial charge in [0.1, 0.15) is 0 Å². The topological polar surface area (TPSA) is 72.2 Å². The molecule has 5 heteroatoms. The highest BCUT2D eigenvalue weighted by atomic mass is 32.2. The van der Waals surface area contributed by atoms with Gasteiger partial charge in [-0.2, -0.15) is 0 Å². The van der Waals surface area contributed by atoms with E-state index in [9.17, 15) is 8.42 Å². The Bertz CT molecular complexity index is 426. The molecule has 1 rings (SSSR count). The third-order valence-electron chi connectivity index (χ3n) is 2.38. The average molecular weight is 242 g/mol. The Morgan fingerprint density at radius 3 is 2.31 bits per heavy atom. The molecule has 16 heavy (non-hydrogen) atoms. The van der Waals surface area contributed by atoms with Gasteiger partial charge in [-0.15, -0.1) is 0 Å². The van der Waals surface area contributed by atoms with Gasteiger partial charge in [-0.05, 0) is 30.7 Å². The lowest BCUT2D eigenvalue weighted by molar-refractivity contribution is 0.602. The summed E-state index contributed by atoms with van der Waals surface area (Å²) in [5.74, 6) is 0. The van der Waals surface area contributed by atoms with Gasteiger partial charge >= 0.3 is 0 Å². The van der Waals surface area contributed by atoms with E-state index in [0.29, 0.717) is 11.4 Å². The lowest BCUT2D eigenvalue weighted by atomic mass is 10.2. The second kappa shape index (κ2) is 5.32. The molecule has 0 aliphatic rings. The Hall–Kier alpha value is -1.07. The summed E-state index contributed by atoms with van der Waals surface area (Å²) in [6.07, 6.45) is 2.11. The van der Waals surface area contributed by atoms with Gasteiger partial charge < -0.3 is 11.1 Å². The van der Waals surface area contributed by atoms with Gasteiger partial charge in [-0.1, -0.05) is 6.92 Å². The predicted octanol–water partition coefficient (Wildman–Crippen LogP) is 1.24. The van der Waals surface area contributed by atoms with E-state index in [-0.39, 0.29) is 6.04 Å². The van der Waals surface area contributed by atoms with Crippen LogP contribution in [0.4, 0.5) is 5.69 Å². The maximum Gasteiger partial charge on any atom is 0.175 e. The van der Waals surface area contributed by atoms with E-state index in [2.05, 4.69) is 5.32 Å². The van der Waals surface area contributed by atoms with Crippen LogP contribution in [0.2, 0.25) is 0 Å². The fourth-order valence-corrected chi connectivity index (χ4v) is 1.84. The fraction of sp³-hybridized carbons (Fsp3) is 0.455. The number of benzene rings is 1. The van der Waals surface area contributed by atoms with Crippen molar-refractivity contribution in [3.8, 4) is 0 Å². The Kier molecular flexibility index (Phi) is 4.32. The van der Waals surface area contributed by atoms with Crippen molar-refractivity contribution < 1.29 is 8.42 Å². The second-order valence-electron chi connectivity index (χ2n) is 3.85. The first-order chi connectivity index (χ1) is 7.43. The number of hydrogen-bond donors (Lipinski definition) is 2. The first kappa shape index (κ1) is 13.0. The zero-order valence-electron chi connectivity index (χ0n) is 9.60. The molecule has 1 unspecified atom stereocenters. The SMILES string of the molecule is CCC(N)CNc1ccc(S(C)(=O)=O)cc1. The van der Waals surface area contributed by atoms with E-state index in [4.69, 9.17) is 5.73 Å². The zero-order chi connectivity index (χ0) is 12.2. The molecule has 3 N–H and O–H groups in total. The van der Waals surface area contributed by atoms with E-state index in [0.717, 1.165) is 12.1 Å². The maximum atomic E-state index is 11.2. The maximum absolute atomic E-state index is 11.2. The van der Waals surface area contributed by atoms with Crippen molar-refractivity contribution in [2.24, 2.45) is 5.73 Å². The Morgan fingerprint density at radius 1 is 1.31 bits per heavy atom. The Labute approximate surface area is 96.8 Å². The zero-order valence-corrected chi connectivity index (χ0v) is 10.4. The van der Waals surface area contributed by atoms with Gasteiger partial charge in [0, 0.05) is 24.5 Å². The summed E-state index contributed by atoms with van der Waals surface area (Å²) in [5.41, 5.74) is 6.65. The van der Waals surface area contributed by atoms with Crippen LogP contribution in [0, 0.1) is 0 Å². The smallest absolute Gasteiger partial charge is 0.175 e. The molecular formula is C11H18N2O2S. The molecule has 0 saturated carbocycles. The van der Waals surface area contributed by atoms with Gasteiger partial charge in [0.2, 0.25) is 0 Å². The Balaban J connectivity index is 2.66. The molecular weight excluding hydrogens is 224 g/mol. The highest BCUT2D eigenvalue weighted by Gasteiger charge is 2.06. The van der Waals surface area contributed by atoms with Crippen molar-refractivity contribution in [1.29, 1.82) is 0 Å². The number of nitrogens with one attached hydrogen (secondary N) is 1. The van der Waals surface area contributed by atoms with Crippen LogP contribution in [-0.2, 0) is 9.84 Å². The molecule has 0 amide bonds. The van der Waals surface area contributed by atoms with Crippen LogP contribution in [-0.4, -0.2) is 27.3 Å². The predicted molar refractivity (Wildman–Crippen MR) is 66.3 cm³/mol. The molecule has 0 saturated heterocycles. The number of sulfone groups is 1. The van der Waals surface area contributed by atoms with Crippen molar-refractivity contribution in [3.05, 3.63) is 24.3 Å². The number of rotatable bonds is 5. The van der Waals surface area contributed by atoms with Crippen LogP contribution in [0.25, 0.3) is 0 Å². The summed E-state index contributed by atoms with van der Waals surface area (Å²) in [6, 6.07) is 6.80.